The molecule has 0 saturated carbocycles. The van der Waals surface area contributed by atoms with Crippen molar-refractivity contribution < 1.29 is 27.4 Å². The Bertz CT molecular complexity index is 880. The van der Waals surface area contributed by atoms with E-state index < -0.39 is 16.0 Å². The van der Waals surface area contributed by atoms with Crippen molar-refractivity contribution in [3.8, 4) is 11.5 Å². The summed E-state index contributed by atoms with van der Waals surface area (Å²) in [6.07, 6.45) is 1.34. The van der Waals surface area contributed by atoms with E-state index in [2.05, 4.69) is 14.4 Å². The molecule has 1 aliphatic rings. The lowest BCUT2D eigenvalue weighted by molar-refractivity contribution is 0.0600. The Morgan fingerprint density at radius 2 is 2.04 bits per heavy atom. The molecule has 9 heteroatoms. The maximum Gasteiger partial charge on any atom is 0.339 e. The number of ether oxygens (including phenoxy) is 3. The zero-order valence-corrected chi connectivity index (χ0v) is 14.2. The lowest BCUT2D eigenvalue weighted by Crippen LogP contribution is -2.25. The molecule has 0 aliphatic carbocycles. The highest BCUT2D eigenvalue weighted by molar-refractivity contribution is 7.88. The molecule has 3 rings (SSSR count). The third kappa shape index (κ3) is 4.25. The van der Waals surface area contributed by atoms with Crippen molar-refractivity contribution in [3.05, 3.63) is 53.3 Å². The van der Waals surface area contributed by atoms with Crippen LogP contribution < -0.4 is 14.2 Å². The second-order valence-electron chi connectivity index (χ2n) is 5.30. The number of esters is 1. The summed E-state index contributed by atoms with van der Waals surface area (Å²) in [4.78, 5) is 15.4. The normalized spacial score (nSPS) is 12.8. The van der Waals surface area contributed by atoms with E-state index in [1.807, 2.05) is 0 Å². The minimum Gasteiger partial charge on any atom is -0.465 e. The van der Waals surface area contributed by atoms with Crippen LogP contribution in [0.4, 0.5) is 0 Å². The fraction of sp³-hybridized carbons (Fsp3) is 0.250. The monoisotopic (exact) mass is 364 g/mol. The molecule has 0 radical (unpaired) electrons. The van der Waals surface area contributed by atoms with E-state index in [0.29, 0.717) is 28.3 Å². The summed E-state index contributed by atoms with van der Waals surface area (Å²) in [5, 5.41) is 0. The van der Waals surface area contributed by atoms with Gasteiger partial charge in [0.1, 0.15) is 0 Å². The highest BCUT2D eigenvalue weighted by Crippen LogP contribution is 2.32. The third-order valence-corrected chi connectivity index (χ3v) is 4.81. The zero-order valence-electron chi connectivity index (χ0n) is 13.4. The van der Waals surface area contributed by atoms with Crippen LogP contribution in [0.3, 0.4) is 0 Å². The number of carbonyl (C=O) groups excluding carboxylic acids is 1. The topological polar surface area (TPSA) is 104 Å². The molecule has 8 nitrogen and oxygen atoms in total. The number of methoxy groups -OCH3 is 1. The van der Waals surface area contributed by atoms with Crippen LogP contribution in [0.2, 0.25) is 0 Å². The number of carbonyl (C=O) groups is 1. The Morgan fingerprint density at radius 1 is 1.24 bits per heavy atom. The highest BCUT2D eigenvalue weighted by Gasteiger charge is 2.17. The second kappa shape index (κ2) is 7.08. The average Bonchev–Trinajstić information content (AvgIpc) is 3.07. The second-order valence-corrected chi connectivity index (χ2v) is 7.10. The summed E-state index contributed by atoms with van der Waals surface area (Å²) < 4.78 is 41.9. The van der Waals surface area contributed by atoms with Crippen LogP contribution >= 0.6 is 0 Å². The first-order chi connectivity index (χ1) is 12.0. The Kier molecular flexibility index (Phi) is 4.86. The van der Waals surface area contributed by atoms with Gasteiger partial charge in [0.2, 0.25) is 16.8 Å². The molecule has 2 heterocycles. The van der Waals surface area contributed by atoms with E-state index in [-0.39, 0.29) is 19.1 Å². The van der Waals surface area contributed by atoms with Gasteiger partial charge in [-0.3, -0.25) is 4.98 Å². The maximum atomic E-state index is 12.2. The molecule has 0 spiro atoms. The number of nitrogens with one attached hydrogen (secondary N) is 1. The van der Waals surface area contributed by atoms with Crippen molar-refractivity contribution in [2.24, 2.45) is 0 Å². The molecule has 0 atom stereocenters. The first kappa shape index (κ1) is 17.2. The van der Waals surface area contributed by atoms with E-state index in [9.17, 15) is 13.2 Å². The molecular formula is C16H16N2O6S. The molecule has 0 fully saturated rings. The predicted octanol–water partition coefficient (Wildman–Crippen LogP) is 1.22. The lowest BCUT2D eigenvalue weighted by atomic mass is 10.2. The molecule has 1 aromatic heterocycles. The van der Waals surface area contributed by atoms with Crippen molar-refractivity contribution in [1.82, 2.24) is 9.71 Å². The summed E-state index contributed by atoms with van der Waals surface area (Å²) in [6.45, 7) is 0.158. The Labute approximate surface area is 144 Å². The van der Waals surface area contributed by atoms with Crippen molar-refractivity contribution in [3.63, 3.8) is 0 Å². The number of hydrogen-bond acceptors (Lipinski definition) is 7. The smallest absolute Gasteiger partial charge is 0.339 e. The van der Waals surface area contributed by atoms with Gasteiger partial charge < -0.3 is 14.2 Å². The van der Waals surface area contributed by atoms with E-state index in [1.54, 1.807) is 24.3 Å². The molecule has 1 aromatic carbocycles. The number of nitrogens with zero attached hydrogens (tertiary/aromatic N) is 1. The minimum absolute atomic E-state index is 0.0222. The van der Waals surface area contributed by atoms with E-state index in [0.717, 1.165) is 0 Å². The van der Waals surface area contributed by atoms with Crippen LogP contribution in [-0.4, -0.2) is 33.3 Å². The summed E-state index contributed by atoms with van der Waals surface area (Å²) >= 11 is 0. The molecule has 0 bridgehead atoms. The van der Waals surface area contributed by atoms with Crippen molar-refractivity contribution in [1.29, 1.82) is 0 Å². The van der Waals surface area contributed by atoms with Crippen LogP contribution in [0.25, 0.3) is 0 Å². The Morgan fingerprint density at radius 3 is 2.76 bits per heavy atom. The molecule has 2 aromatic rings. The number of rotatable bonds is 6. The number of pyridine rings is 1. The molecule has 132 valence electrons. The van der Waals surface area contributed by atoms with Gasteiger partial charge in [-0.25, -0.2) is 17.9 Å². The number of aromatic nitrogens is 1. The zero-order chi connectivity index (χ0) is 17.9. The number of hydrogen-bond donors (Lipinski definition) is 1. The van der Waals surface area contributed by atoms with Gasteiger partial charge in [0.15, 0.2) is 11.5 Å². The standard InChI is InChI=1S/C16H16N2O6S/c1-22-16(19)12-3-4-13(17-7-12)8-18-25(20,21)9-11-2-5-14-15(6-11)24-10-23-14/h2-7,18H,8-10H2,1H3. The Balaban J connectivity index is 1.61. The van der Waals surface area contributed by atoms with Gasteiger partial charge in [-0.05, 0) is 29.8 Å². The molecule has 0 amide bonds. The van der Waals surface area contributed by atoms with Crippen molar-refractivity contribution >= 4 is 16.0 Å². The molecular weight excluding hydrogens is 348 g/mol. The number of benzene rings is 1. The van der Waals surface area contributed by atoms with Crippen LogP contribution in [0, 0.1) is 0 Å². The van der Waals surface area contributed by atoms with Crippen molar-refractivity contribution in [2.45, 2.75) is 12.3 Å². The first-order valence-electron chi connectivity index (χ1n) is 7.36. The number of sulfonamides is 1. The quantitative estimate of drug-likeness (QED) is 0.769. The summed E-state index contributed by atoms with van der Waals surface area (Å²) in [5.74, 6) is 0.448. The van der Waals surface area contributed by atoms with Gasteiger partial charge in [-0.15, -0.1) is 0 Å². The van der Waals surface area contributed by atoms with Gasteiger partial charge in [-0.1, -0.05) is 6.07 Å². The number of fused-ring (bicyclic) bond motifs is 1. The van der Waals surface area contributed by atoms with E-state index in [1.165, 1.54) is 19.4 Å². The Hall–Kier alpha value is -2.65. The lowest BCUT2D eigenvalue weighted by Gasteiger charge is -2.07. The summed E-state index contributed by atoms with van der Waals surface area (Å²) in [5.41, 5.74) is 1.38. The van der Waals surface area contributed by atoms with Gasteiger partial charge in [0, 0.05) is 6.20 Å². The van der Waals surface area contributed by atoms with E-state index in [4.69, 9.17) is 9.47 Å². The average molecular weight is 364 g/mol. The SMILES string of the molecule is COC(=O)c1ccc(CNS(=O)(=O)Cc2ccc3c(c2)OCO3)nc1. The van der Waals surface area contributed by atoms with Gasteiger partial charge in [0.25, 0.3) is 0 Å². The first-order valence-corrected chi connectivity index (χ1v) is 9.01. The van der Waals surface area contributed by atoms with Crippen LogP contribution in [0.15, 0.2) is 36.5 Å². The van der Waals surface area contributed by atoms with Crippen LogP contribution in [0.5, 0.6) is 11.5 Å². The van der Waals surface area contributed by atoms with Gasteiger partial charge >= 0.3 is 5.97 Å². The minimum atomic E-state index is -3.56. The molecule has 1 aliphatic heterocycles. The third-order valence-electron chi connectivity index (χ3n) is 3.51. The van der Waals surface area contributed by atoms with Crippen molar-refractivity contribution in [2.75, 3.05) is 13.9 Å². The maximum absolute atomic E-state index is 12.2. The fourth-order valence-corrected chi connectivity index (χ4v) is 3.34. The molecule has 1 N–H and O–H groups in total. The highest BCUT2D eigenvalue weighted by atomic mass is 32.2. The fourth-order valence-electron chi connectivity index (χ4n) is 2.25. The van der Waals surface area contributed by atoms with Gasteiger partial charge in [0.05, 0.1) is 30.7 Å². The molecule has 25 heavy (non-hydrogen) atoms. The summed E-state index contributed by atoms with van der Waals surface area (Å²) in [7, 11) is -2.28. The molecule has 0 unspecified atom stereocenters. The summed E-state index contributed by atoms with van der Waals surface area (Å²) in [6, 6.07) is 8.09. The predicted molar refractivity (Wildman–Crippen MR) is 87.6 cm³/mol. The largest absolute Gasteiger partial charge is 0.465 e. The molecule has 0 saturated heterocycles. The van der Waals surface area contributed by atoms with E-state index >= 15 is 0 Å². The van der Waals surface area contributed by atoms with Crippen LogP contribution in [-0.2, 0) is 27.1 Å². The van der Waals surface area contributed by atoms with Crippen LogP contribution in [0.1, 0.15) is 21.6 Å². The van der Waals surface area contributed by atoms with Gasteiger partial charge in [-0.2, -0.15) is 0 Å².